The number of thioether (sulfide) groups is 1. The van der Waals surface area contributed by atoms with E-state index >= 15 is 0 Å². The van der Waals surface area contributed by atoms with E-state index in [1.54, 1.807) is 6.20 Å². The Bertz CT molecular complexity index is 858. The number of fused-ring (bicyclic) bond motifs is 1. The number of aryl methyl sites for hydroxylation is 1. The van der Waals surface area contributed by atoms with E-state index in [0.29, 0.717) is 24.5 Å². The molecule has 2 aromatic rings. The lowest BCUT2D eigenvalue weighted by Crippen LogP contribution is -2.51. The van der Waals surface area contributed by atoms with E-state index in [-0.39, 0.29) is 5.91 Å². The minimum Gasteiger partial charge on any atom is -0.470 e. The topological polar surface area (TPSA) is 60.5 Å². The predicted molar refractivity (Wildman–Crippen MR) is 111 cm³/mol. The minimum absolute atomic E-state index is 0.194. The molecule has 27 heavy (non-hydrogen) atoms. The number of carbonyl (C=O) groups is 1. The Morgan fingerprint density at radius 1 is 1.41 bits per heavy atom. The molecule has 1 unspecified atom stereocenters. The van der Waals surface area contributed by atoms with Crippen molar-refractivity contribution in [2.24, 2.45) is 0 Å². The lowest BCUT2D eigenvalue weighted by molar-refractivity contribution is -0.126. The number of carbonyl (C=O) groups excluding carboxylic acids is 1. The Kier molecular flexibility index (Phi) is 7.11. The molecule has 1 N–H and O–H groups in total. The molecule has 0 bridgehead atoms. The normalized spacial score (nSPS) is 12.4. The van der Waals surface area contributed by atoms with Crippen LogP contribution in [0.1, 0.15) is 31.9 Å². The number of pyridine rings is 1. The van der Waals surface area contributed by atoms with Crippen LogP contribution in [0.3, 0.4) is 0 Å². The van der Waals surface area contributed by atoms with Crippen LogP contribution in [-0.2, 0) is 9.53 Å². The first-order valence-electron chi connectivity index (χ1n) is 8.76. The molecule has 6 heteroatoms. The molecule has 0 aliphatic rings. The fourth-order valence-corrected chi connectivity index (χ4v) is 3.14. The fourth-order valence-electron chi connectivity index (χ4n) is 2.66. The second kappa shape index (κ2) is 9.12. The van der Waals surface area contributed by atoms with Gasteiger partial charge in [-0.05, 0) is 57.7 Å². The number of benzene rings is 1. The van der Waals surface area contributed by atoms with E-state index in [1.165, 1.54) is 11.8 Å². The fraction of sp³-hybridized carbons (Fsp3) is 0.429. The molecule has 1 aromatic carbocycles. The van der Waals surface area contributed by atoms with Gasteiger partial charge >= 0.3 is 0 Å². The number of nitrogens with zero attached hydrogens (tertiary/aromatic N) is 1. The molecule has 0 saturated heterocycles. The van der Waals surface area contributed by atoms with Crippen molar-refractivity contribution >= 4 is 28.6 Å². The highest BCUT2D eigenvalue weighted by Crippen LogP contribution is 2.26. The number of nitrogens with one attached hydrogen (secondary N) is 1. The van der Waals surface area contributed by atoms with Gasteiger partial charge < -0.3 is 14.8 Å². The standard InChI is InChI=1S/C21H26N2O3S/c1-7-15-10-16-11-17(9-14(3)18(16)22-12-15)26-20(27-6)19(24)23-21(4,5)13-25-8-2/h1,9-12,20H,8,13H2,2-6H3,(H,23,24). The van der Waals surface area contributed by atoms with Crippen LogP contribution in [0.15, 0.2) is 24.4 Å². The van der Waals surface area contributed by atoms with Crippen molar-refractivity contribution in [3.05, 3.63) is 35.5 Å². The maximum absolute atomic E-state index is 12.7. The van der Waals surface area contributed by atoms with Crippen molar-refractivity contribution in [2.45, 2.75) is 38.7 Å². The molecule has 5 nitrogen and oxygen atoms in total. The van der Waals surface area contributed by atoms with Gasteiger partial charge in [0.2, 0.25) is 5.44 Å². The Morgan fingerprint density at radius 3 is 2.78 bits per heavy atom. The largest absolute Gasteiger partial charge is 0.470 e. The van der Waals surface area contributed by atoms with Gasteiger partial charge in [-0.3, -0.25) is 9.78 Å². The Balaban J connectivity index is 2.20. The maximum atomic E-state index is 12.7. The van der Waals surface area contributed by atoms with Crippen LogP contribution in [0, 0.1) is 19.3 Å². The van der Waals surface area contributed by atoms with Crippen molar-refractivity contribution in [1.82, 2.24) is 10.3 Å². The van der Waals surface area contributed by atoms with Crippen LogP contribution < -0.4 is 10.1 Å². The summed E-state index contributed by atoms with van der Waals surface area (Å²) in [6, 6.07) is 5.63. The van der Waals surface area contributed by atoms with Crippen LogP contribution in [0.2, 0.25) is 0 Å². The van der Waals surface area contributed by atoms with Crippen molar-refractivity contribution < 1.29 is 14.3 Å². The molecule has 1 aromatic heterocycles. The summed E-state index contributed by atoms with van der Waals surface area (Å²) in [5, 5.41) is 3.87. The molecule has 0 aliphatic carbocycles. The molecule has 144 valence electrons. The summed E-state index contributed by atoms with van der Waals surface area (Å²) >= 11 is 1.33. The van der Waals surface area contributed by atoms with Gasteiger partial charge in [-0.25, -0.2) is 0 Å². The van der Waals surface area contributed by atoms with Crippen molar-refractivity contribution in [3.8, 4) is 18.1 Å². The first-order valence-corrected chi connectivity index (χ1v) is 10.0. The molecule has 2 rings (SSSR count). The lowest BCUT2D eigenvalue weighted by atomic mass is 10.1. The second-order valence-electron chi connectivity index (χ2n) is 6.88. The SMILES string of the molecule is C#Cc1cnc2c(C)cc(OC(SC)C(=O)NC(C)(C)COCC)cc2c1. The summed E-state index contributed by atoms with van der Waals surface area (Å²) in [5.74, 6) is 3.00. The highest BCUT2D eigenvalue weighted by atomic mass is 32.2. The van der Waals surface area contributed by atoms with E-state index in [0.717, 1.165) is 16.5 Å². The highest BCUT2D eigenvalue weighted by molar-refractivity contribution is 7.99. The summed E-state index contributed by atoms with van der Waals surface area (Å²) in [4.78, 5) is 17.1. The van der Waals surface area contributed by atoms with Crippen LogP contribution in [0.25, 0.3) is 10.9 Å². The number of aromatic nitrogens is 1. The second-order valence-corrected chi connectivity index (χ2v) is 7.78. The quantitative estimate of drug-likeness (QED) is 0.556. The lowest BCUT2D eigenvalue weighted by Gasteiger charge is -2.28. The number of hydrogen-bond acceptors (Lipinski definition) is 5. The molecule has 1 atom stereocenters. The predicted octanol–water partition coefficient (Wildman–Crippen LogP) is 3.52. The summed E-state index contributed by atoms with van der Waals surface area (Å²) < 4.78 is 11.4. The molecule has 0 saturated carbocycles. The molecular weight excluding hydrogens is 360 g/mol. The zero-order valence-electron chi connectivity index (χ0n) is 16.5. The first-order chi connectivity index (χ1) is 12.8. The Morgan fingerprint density at radius 2 is 2.15 bits per heavy atom. The van der Waals surface area contributed by atoms with Gasteiger partial charge in [-0.2, -0.15) is 0 Å². The molecule has 1 heterocycles. The van der Waals surface area contributed by atoms with E-state index < -0.39 is 11.0 Å². The van der Waals surface area contributed by atoms with Crippen LogP contribution in [-0.4, -0.2) is 41.3 Å². The van der Waals surface area contributed by atoms with E-state index in [2.05, 4.69) is 16.2 Å². The third-order valence-electron chi connectivity index (χ3n) is 3.91. The molecule has 0 fully saturated rings. The number of hydrogen-bond donors (Lipinski definition) is 1. The average molecular weight is 387 g/mol. The molecule has 0 aliphatic heterocycles. The van der Waals surface area contributed by atoms with Gasteiger partial charge in [0.15, 0.2) is 0 Å². The molecular formula is C21H26N2O3S. The van der Waals surface area contributed by atoms with E-state index in [1.807, 2.05) is 52.1 Å². The zero-order chi connectivity index (χ0) is 20.0. The maximum Gasteiger partial charge on any atom is 0.272 e. The number of amides is 1. The van der Waals surface area contributed by atoms with Crippen molar-refractivity contribution in [1.29, 1.82) is 0 Å². The van der Waals surface area contributed by atoms with Gasteiger partial charge in [0.1, 0.15) is 5.75 Å². The third-order valence-corrected chi connectivity index (χ3v) is 4.65. The van der Waals surface area contributed by atoms with Crippen LogP contribution in [0.5, 0.6) is 5.75 Å². The Labute approximate surface area is 165 Å². The minimum atomic E-state index is -0.675. The van der Waals surface area contributed by atoms with Gasteiger partial charge in [0.25, 0.3) is 5.91 Å². The van der Waals surface area contributed by atoms with E-state index in [9.17, 15) is 4.79 Å². The summed E-state index contributed by atoms with van der Waals surface area (Å²) in [6.07, 6.45) is 8.98. The van der Waals surface area contributed by atoms with Gasteiger partial charge in [0.05, 0.1) is 17.7 Å². The molecule has 1 amide bonds. The van der Waals surface area contributed by atoms with Crippen molar-refractivity contribution in [3.63, 3.8) is 0 Å². The number of ether oxygens (including phenoxy) is 2. The van der Waals surface area contributed by atoms with Gasteiger partial charge in [0, 0.05) is 23.8 Å². The van der Waals surface area contributed by atoms with Gasteiger partial charge in [-0.1, -0.05) is 5.92 Å². The Hall–Kier alpha value is -2.23. The molecule has 0 radical (unpaired) electrons. The average Bonchev–Trinajstić information content (AvgIpc) is 2.63. The smallest absolute Gasteiger partial charge is 0.272 e. The summed E-state index contributed by atoms with van der Waals surface area (Å²) in [5.41, 5.74) is 1.38. The number of rotatable bonds is 8. The van der Waals surface area contributed by atoms with Crippen LogP contribution in [0.4, 0.5) is 0 Å². The summed E-state index contributed by atoms with van der Waals surface area (Å²) in [6.45, 7) is 8.76. The van der Waals surface area contributed by atoms with E-state index in [4.69, 9.17) is 15.9 Å². The van der Waals surface area contributed by atoms with Crippen LogP contribution >= 0.6 is 11.8 Å². The highest BCUT2D eigenvalue weighted by Gasteiger charge is 2.27. The summed E-state index contributed by atoms with van der Waals surface area (Å²) in [7, 11) is 0. The first kappa shape index (κ1) is 21.1. The number of terminal acetylenes is 1. The van der Waals surface area contributed by atoms with Crippen molar-refractivity contribution in [2.75, 3.05) is 19.5 Å². The third kappa shape index (κ3) is 5.62. The molecule has 0 spiro atoms. The van der Waals surface area contributed by atoms with Gasteiger partial charge in [-0.15, -0.1) is 18.2 Å². The monoisotopic (exact) mass is 386 g/mol. The zero-order valence-corrected chi connectivity index (χ0v) is 17.3.